The molecule has 15 rings (SSSR count). The fourth-order valence-corrected chi connectivity index (χ4v) is 20.2. The summed E-state index contributed by atoms with van der Waals surface area (Å²) in [6, 6.07) is 41.7. The van der Waals surface area contributed by atoms with Gasteiger partial charge in [-0.25, -0.2) is 13.2 Å². The molecule has 8 aliphatic carbocycles. The van der Waals surface area contributed by atoms with E-state index in [1.54, 1.807) is 53.7 Å². The van der Waals surface area contributed by atoms with Gasteiger partial charge in [0.1, 0.15) is 56.5 Å². The molecule has 4 unspecified atom stereocenters. The van der Waals surface area contributed by atoms with Crippen molar-refractivity contribution in [2.24, 2.45) is 62.1 Å². The first kappa shape index (κ1) is 98.3. The molecule has 18 nitrogen and oxygen atoms in total. The highest BCUT2D eigenvalue weighted by molar-refractivity contribution is 7.97. The SMILES string of the molecule is CCC(C)(C)C(=O)OC(C)(C)C12CC3CC(CC(C3)C1)C2.CCC(C)(C)C(=O)OC12CC3CC(C1)CC(C(=O)OC(CS(=O)(=O)[O-])C(F)(F)F)(C3)C2.CCC(C)(C)C(=O)Oc1cc(C)oc(=O)c1.CCC(C)(C)C(=O)Oc1ccc(O)c(C)c1C.CCC(C)c1ccc(OC(C)(C)CC)cc1.c1ccc([S+]2c3ccccc3Oc3ccccc32)cc1. The van der Waals surface area contributed by atoms with Crippen molar-refractivity contribution in [3.8, 4) is 34.5 Å². The summed E-state index contributed by atoms with van der Waals surface area (Å²) in [7, 11) is -5.35. The number of alkyl halides is 3. The number of carbonyl (C=O) groups excluding carboxylic acids is 5. The summed E-state index contributed by atoms with van der Waals surface area (Å²) < 4.78 is 116. The third-order valence-electron chi connectivity index (χ3n) is 26.8. The van der Waals surface area contributed by atoms with E-state index in [1.807, 2.05) is 79.7 Å². The molecule has 8 saturated carbocycles. The molecule has 121 heavy (non-hydrogen) atoms. The molecule has 1 aliphatic heterocycles. The molecule has 5 aromatic carbocycles. The van der Waals surface area contributed by atoms with Gasteiger partial charge in [0, 0.05) is 17.9 Å². The summed E-state index contributed by atoms with van der Waals surface area (Å²) in [5, 5.41) is 9.52. The summed E-state index contributed by atoms with van der Waals surface area (Å²) in [5.41, 5.74) is -2.08. The Morgan fingerprint density at radius 2 is 1.03 bits per heavy atom. The Bertz CT molecular complexity index is 4640. The molecule has 6 aromatic rings. The monoisotopic (exact) mass is 1720 g/mol. The number of phenols is 1. The van der Waals surface area contributed by atoms with Crippen LogP contribution in [0.4, 0.5) is 13.2 Å². The van der Waals surface area contributed by atoms with E-state index in [0.29, 0.717) is 56.0 Å². The van der Waals surface area contributed by atoms with Gasteiger partial charge in [0.25, 0.3) is 0 Å². The normalized spacial score (nSPS) is 22.4. The number of rotatable bonds is 23. The molecule has 0 radical (unpaired) electrons. The highest BCUT2D eigenvalue weighted by atomic mass is 32.2. The Kier molecular flexibility index (Phi) is 32.0. The van der Waals surface area contributed by atoms with E-state index in [4.69, 9.17) is 32.8 Å². The van der Waals surface area contributed by atoms with E-state index in [-0.39, 0.29) is 80.6 Å². The number of hydrogen-bond acceptors (Lipinski definition) is 18. The Hall–Kier alpha value is -8.15. The maximum absolute atomic E-state index is 13.3. The van der Waals surface area contributed by atoms with E-state index in [9.17, 15) is 60.0 Å². The molecule has 1 N–H and O–H groups in total. The molecule has 0 spiro atoms. The number of benzene rings is 5. The van der Waals surface area contributed by atoms with Crippen molar-refractivity contribution in [1.29, 1.82) is 0 Å². The smallest absolute Gasteiger partial charge is 0.426 e. The van der Waals surface area contributed by atoms with Crippen molar-refractivity contribution in [2.75, 3.05) is 5.75 Å². The lowest BCUT2D eigenvalue weighted by Gasteiger charge is -2.61. The first-order chi connectivity index (χ1) is 56.2. The van der Waals surface area contributed by atoms with Crippen LogP contribution in [0.25, 0.3) is 0 Å². The number of aromatic hydroxyl groups is 1. The first-order valence-corrected chi connectivity index (χ1v) is 46.0. The number of para-hydroxylation sites is 2. The third kappa shape index (κ3) is 25.1. The van der Waals surface area contributed by atoms with E-state index < -0.39 is 73.0 Å². The Morgan fingerprint density at radius 1 is 0.562 bits per heavy atom. The maximum atomic E-state index is 13.3. The van der Waals surface area contributed by atoms with Crippen molar-refractivity contribution in [3.63, 3.8) is 0 Å². The van der Waals surface area contributed by atoms with Gasteiger partial charge in [0.05, 0.1) is 49.0 Å². The Labute approximate surface area is 719 Å². The van der Waals surface area contributed by atoms with Crippen molar-refractivity contribution in [1.82, 2.24) is 0 Å². The molecule has 4 atom stereocenters. The molecular formula is C98H133F3O18S2. The molecule has 2 heterocycles. The van der Waals surface area contributed by atoms with Gasteiger partial charge in [0.2, 0.25) is 15.9 Å². The fraction of sp³-hybridized carbons (Fsp3) is 0.592. The highest BCUT2D eigenvalue weighted by Gasteiger charge is 2.65. The molecule has 9 aliphatic rings. The lowest BCUT2D eigenvalue weighted by Crippen LogP contribution is -2.61. The van der Waals surface area contributed by atoms with E-state index in [2.05, 4.69) is 139 Å². The standard InChI is InChI=1S/C20H29F3O7S.C19H32O2.C18H13OS.C15H24O.C14H20O3.C12H16O4/c1-4-17(2,3)15(24)30-19-8-12-5-13(9-19)7-18(6-12,11-19)16(25)29-14(20(21,22)23)10-31(26,27)28;1-6-17(2,3)16(20)21-18(4,5)19-10-13-7-14(11-19)9-15(8-13)12-19;1-2-8-14(9-3-1)20-17-12-6-4-10-15(17)19-16-11-5-7-13-18(16)20;1-6-12(3)13-8-10-14(11-9-13)16-15(4,5)7-2;1-6-14(4,5)13(16)17-12-8-7-11(15)9(2)10(12)3;1-5-12(3,4)11(14)16-9-6-8(2)15-10(13)7-9/h12-14H,4-11H2,1-3H3,(H,26,27,28);13-15H,6-12H2,1-5H3;1-13H;8-12H,6-7H2,1-5H3;7-8,15H,6H2,1-5H3;6-7H,5H2,1-4H3/q;;+1;;;/p-1. The summed E-state index contributed by atoms with van der Waals surface area (Å²) in [5.74, 6) is 3.59. The van der Waals surface area contributed by atoms with Gasteiger partial charge >= 0.3 is 41.6 Å². The number of carbonyl (C=O) groups is 5. The predicted octanol–water partition coefficient (Wildman–Crippen LogP) is 23.6. The van der Waals surface area contributed by atoms with Crippen LogP contribution in [0, 0.1) is 82.9 Å². The molecule has 8 fully saturated rings. The zero-order chi connectivity index (χ0) is 90.0. The van der Waals surface area contributed by atoms with Crippen LogP contribution in [0.1, 0.15) is 275 Å². The van der Waals surface area contributed by atoms with Crippen LogP contribution in [0.3, 0.4) is 0 Å². The highest BCUT2D eigenvalue weighted by Crippen LogP contribution is 2.66. The topological polar surface area (TPSA) is 258 Å². The van der Waals surface area contributed by atoms with Crippen molar-refractivity contribution >= 4 is 50.9 Å². The van der Waals surface area contributed by atoms with Crippen molar-refractivity contribution in [2.45, 2.75) is 318 Å². The van der Waals surface area contributed by atoms with Crippen LogP contribution >= 0.6 is 0 Å². The second-order valence-corrected chi connectivity index (χ2v) is 42.0. The van der Waals surface area contributed by atoms with Crippen molar-refractivity contribution in [3.05, 3.63) is 160 Å². The van der Waals surface area contributed by atoms with Crippen LogP contribution in [0.2, 0.25) is 0 Å². The quantitative estimate of drug-likeness (QED) is 0.0205. The van der Waals surface area contributed by atoms with Gasteiger partial charge in [0.15, 0.2) is 16.4 Å². The minimum atomic E-state index is -5.27. The van der Waals surface area contributed by atoms with E-state index in [0.717, 1.165) is 77.9 Å². The molecule has 0 amide bonds. The average molecular weight is 1720 g/mol. The summed E-state index contributed by atoms with van der Waals surface area (Å²) in [4.78, 5) is 76.8. The summed E-state index contributed by atoms with van der Waals surface area (Å²) in [6.07, 6.45) is 7.44. The zero-order valence-electron chi connectivity index (χ0n) is 75.4. The van der Waals surface area contributed by atoms with Gasteiger partial charge in [-0.2, -0.15) is 13.2 Å². The zero-order valence-corrected chi connectivity index (χ0v) is 77.1. The molecule has 1 aromatic heterocycles. The molecule has 666 valence electrons. The van der Waals surface area contributed by atoms with E-state index >= 15 is 0 Å². The van der Waals surface area contributed by atoms with Gasteiger partial charge in [-0.15, -0.1) is 0 Å². The summed E-state index contributed by atoms with van der Waals surface area (Å²) >= 11 is 0. The number of ether oxygens (including phenoxy) is 7. The minimum Gasteiger partial charge on any atom is -0.748 e. The second-order valence-electron chi connectivity index (χ2n) is 38.6. The molecular weight excluding hydrogens is 1590 g/mol. The third-order valence-corrected chi connectivity index (χ3v) is 29.8. The number of fused-ring (bicyclic) bond motifs is 2. The lowest BCUT2D eigenvalue weighted by molar-refractivity contribution is -0.239. The fourth-order valence-electron chi connectivity index (χ4n) is 17.4. The van der Waals surface area contributed by atoms with E-state index in [1.165, 1.54) is 71.3 Å². The van der Waals surface area contributed by atoms with Gasteiger partial charge in [-0.05, 0) is 326 Å². The first-order valence-electron chi connectivity index (χ1n) is 43.2. The largest absolute Gasteiger partial charge is 0.748 e. The van der Waals surface area contributed by atoms with Crippen LogP contribution in [-0.2, 0) is 59.2 Å². The Morgan fingerprint density at radius 3 is 1.50 bits per heavy atom. The number of hydrogen-bond donors (Lipinski definition) is 1. The van der Waals surface area contributed by atoms with Crippen LogP contribution in [0.5, 0.6) is 34.5 Å². The number of esters is 5. The molecule has 23 heteroatoms. The molecule has 8 bridgehead atoms. The van der Waals surface area contributed by atoms with Crippen LogP contribution < -0.4 is 24.6 Å². The minimum absolute atomic E-state index is 0.00100. The van der Waals surface area contributed by atoms with Gasteiger partial charge in [-0.1, -0.05) is 103 Å². The Balaban J connectivity index is 0.000000184. The molecule has 0 saturated heterocycles. The summed E-state index contributed by atoms with van der Waals surface area (Å²) in [6.45, 7) is 43.1. The van der Waals surface area contributed by atoms with Gasteiger partial charge < -0.3 is 47.2 Å². The van der Waals surface area contributed by atoms with Crippen LogP contribution in [-0.4, -0.2) is 82.8 Å². The van der Waals surface area contributed by atoms with Crippen LogP contribution in [0.15, 0.2) is 151 Å². The second kappa shape index (κ2) is 39.4. The number of halogens is 3. The predicted molar refractivity (Wildman–Crippen MR) is 464 cm³/mol. The lowest BCUT2D eigenvalue weighted by atomic mass is 9.46. The van der Waals surface area contributed by atoms with Gasteiger partial charge in [-0.3, -0.25) is 24.0 Å². The average Bonchev–Trinajstić information content (AvgIpc) is 0.723. The van der Waals surface area contributed by atoms with Crippen molar-refractivity contribution < 1.29 is 92.8 Å². The number of aryl methyl sites for hydroxylation is 1. The maximum Gasteiger partial charge on any atom is 0.426 e. The number of phenolic OH excluding ortho intramolecular Hbond substituents is 1.